The zero-order chi connectivity index (χ0) is 19.9. The van der Waals surface area contributed by atoms with Crippen molar-refractivity contribution in [3.63, 3.8) is 0 Å². The van der Waals surface area contributed by atoms with Gasteiger partial charge in [0.15, 0.2) is 0 Å². The average Bonchev–Trinajstić information content (AvgIpc) is 3.22. The fourth-order valence-corrected chi connectivity index (χ4v) is 4.74. The molecule has 1 fully saturated rings. The van der Waals surface area contributed by atoms with Gasteiger partial charge < -0.3 is 5.11 Å². The number of hydrogen-bond acceptors (Lipinski definition) is 2. The number of benzene rings is 2. The standard InChI is InChI=1S/C25H30O3/c1-18(26)24(22-11-5-6-12-22)23(25(27)28)13-7-8-19-14-16-21(17-15-19)20-9-3-2-4-10-20/h2-4,9-10,14-17,22-24H,5-8,11-13H2,1H3,(H,27,28)/t23-,24+/m1/s1. The van der Waals surface area contributed by atoms with Gasteiger partial charge in [0.25, 0.3) is 0 Å². The van der Waals surface area contributed by atoms with E-state index in [9.17, 15) is 14.7 Å². The smallest absolute Gasteiger partial charge is 0.307 e. The van der Waals surface area contributed by atoms with Crippen molar-refractivity contribution in [2.75, 3.05) is 0 Å². The molecule has 1 aliphatic rings. The number of ketones is 1. The van der Waals surface area contributed by atoms with Crippen molar-refractivity contribution in [2.45, 2.75) is 51.9 Å². The Morgan fingerprint density at radius 1 is 0.964 bits per heavy atom. The van der Waals surface area contributed by atoms with Gasteiger partial charge in [-0.1, -0.05) is 67.4 Å². The molecule has 2 aromatic carbocycles. The van der Waals surface area contributed by atoms with Crippen molar-refractivity contribution >= 4 is 11.8 Å². The number of carbonyl (C=O) groups excluding carboxylic acids is 1. The summed E-state index contributed by atoms with van der Waals surface area (Å²) in [5.41, 5.74) is 3.59. The number of aliphatic carboxylic acids is 1. The number of carbonyl (C=O) groups is 2. The molecule has 0 spiro atoms. The van der Waals surface area contributed by atoms with Crippen LogP contribution >= 0.6 is 0 Å². The van der Waals surface area contributed by atoms with Crippen molar-refractivity contribution in [2.24, 2.45) is 17.8 Å². The van der Waals surface area contributed by atoms with Crippen LogP contribution in [-0.4, -0.2) is 16.9 Å². The van der Waals surface area contributed by atoms with Crippen molar-refractivity contribution in [3.05, 3.63) is 60.2 Å². The Hall–Kier alpha value is -2.42. The zero-order valence-electron chi connectivity index (χ0n) is 16.6. The molecule has 0 aromatic heterocycles. The van der Waals surface area contributed by atoms with Crippen LogP contribution in [-0.2, 0) is 16.0 Å². The molecule has 1 saturated carbocycles. The molecule has 1 aliphatic carbocycles. The number of rotatable bonds is 9. The quantitative estimate of drug-likeness (QED) is 0.602. The predicted molar refractivity (Wildman–Crippen MR) is 112 cm³/mol. The average molecular weight is 379 g/mol. The summed E-state index contributed by atoms with van der Waals surface area (Å²) >= 11 is 0. The van der Waals surface area contributed by atoms with E-state index in [4.69, 9.17) is 0 Å². The molecular formula is C25H30O3. The van der Waals surface area contributed by atoms with Crippen molar-refractivity contribution in [1.82, 2.24) is 0 Å². The Labute approximate surface area is 167 Å². The maximum atomic E-state index is 12.2. The lowest BCUT2D eigenvalue weighted by Crippen LogP contribution is -2.33. The minimum absolute atomic E-state index is 0.0477. The van der Waals surface area contributed by atoms with E-state index in [-0.39, 0.29) is 17.6 Å². The van der Waals surface area contributed by atoms with E-state index in [1.54, 1.807) is 6.92 Å². The molecule has 2 aromatic rings. The van der Waals surface area contributed by atoms with Gasteiger partial charge in [0.05, 0.1) is 5.92 Å². The molecule has 0 aliphatic heterocycles. The summed E-state index contributed by atoms with van der Waals surface area (Å²) in [6.45, 7) is 1.57. The molecule has 3 nitrogen and oxygen atoms in total. The fourth-order valence-electron chi connectivity index (χ4n) is 4.74. The van der Waals surface area contributed by atoms with E-state index in [0.29, 0.717) is 6.42 Å². The SMILES string of the molecule is CC(=O)[C@@H](C1CCCC1)[C@@H](CCCc1ccc(-c2ccccc2)cc1)C(=O)O. The monoisotopic (exact) mass is 378 g/mol. The number of carboxylic acid groups (broad SMARTS) is 1. The molecule has 3 rings (SSSR count). The van der Waals surface area contributed by atoms with E-state index in [1.165, 1.54) is 16.7 Å². The first kappa shape index (κ1) is 20.3. The summed E-state index contributed by atoms with van der Waals surface area (Å²) in [7, 11) is 0. The summed E-state index contributed by atoms with van der Waals surface area (Å²) in [5, 5.41) is 9.76. The first-order valence-electron chi connectivity index (χ1n) is 10.4. The van der Waals surface area contributed by atoms with Gasteiger partial charge in [0.2, 0.25) is 0 Å². The van der Waals surface area contributed by atoms with Crippen LogP contribution in [0.15, 0.2) is 54.6 Å². The fraction of sp³-hybridized carbons (Fsp3) is 0.440. The normalized spacial score (nSPS) is 16.6. The molecule has 0 bridgehead atoms. The van der Waals surface area contributed by atoms with Gasteiger partial charge in [0, 0.05) is 5.92 Å². The lowest BCUT2D eigenvalue weighted by Gasteiger charge is -2.27. The molecule has 148 valence electrons. The highest BCUT2D eigenvalue weighted by atomic mass is 16.4. The number of Topliss-reactive ketones (excluding diaryl/α,β-unsaturated/α-hetero) is 1. The Balaban J connectivity index is 1.60. The van der Waals surface area contributed by atoms with Gasteiger partial charge in [-0.2, -0.15) is 0 Å². The van der Waals surface area contributed by atoms with Crippen molar-refractivity contribution in [3.8, 4) is 11.1 Å². The van der Waals surface area contributed by atoms with E-state index in [1.807, 2.05) is 18.2 Å². The van der Waals surface area contributed by atoms with E-state index in [2.05, 4.69) is 36.4 Å². The first-order valence-corrected chi connectivity index (χ1v) is 10.4. The molecule has 0 saturated heterocycles. The summed E-state index contributed by atoms with van der Waals surface area (Å²) in [6, 6.07) is 18.8. The highest BCUT2D eigenvalue weighted by Crippen LogP contribution is 2.37. The number of hydrogen-bond donors (Lipinski definition) is 1. The van der Waals surface area contributed by atoms with Crippen LogP contribution in [0.5, 0.6) is 0 Å². The van der Waals surface area contributed by atoms with Crippen LogP contribution in [0.4, 0.5) is 0 Å². The van der Waals surface area contributed by atoms with E-state index >= 15 is 0 Å². The van der Waals surface area contributed by atoms with E-state index in [0.717, 1.165) is 38.5 Å². The molecule has 0 unspecified atom stereocenters. The van der Waals surface area contributed by atoms with E-state index < -0.39 is 11.9 Å². The summed E-state index contributed by atoms with van der Waals surface area (Å²) in [6.07, 6.45) is 6.43. The van der Waals surface area contributed by atoms with Crippen LogP contribution in [0.1, 0.15) is 51.0 Å². The summed E-state index contributed by atoms with van der Waals surface area (Å²) < 4.78 is 0. The molecule has 0 amide bonds. The third-order valence-corrected chi connectivity index (χ3v) is 6.17. The number of carboxylic acids is 1. The highest BCUT2D eigenvalue weighted by molar-refractivity contribution is 5.84. The molecular weight excluding hydrogens is 348 g/mol. The third kappa shape index (κ3) is 5.09. The summed E-state index contributed by atoms with van der Waals surface area (Å²) in [5.74, 6) is -1.38. The predicted octanol–water partition coefficient (Wildman–Crippen LogP) is 5.77. The van der Waals surface area contributed by atoms with Crippen molar-refractivity contribution in [1.29, 1.82) is 0 Å². The number of aryl methyl sites for hydroxylation is 1. The molecule has 0 radical (unpaired) electrons. The van der Waals surface area contributed by atoms with Crippen LogP contribution in [0, 0.1) is 17.8 Å². The van der Waals surface area contributed by atoms with Gasteiger partial charge in [-0.25, -0.2) is 0 Å². The lowest BCUT2D eigenvalue weighted by atomic mass is 9.76. The van der Waals surface area contributed by atoms with Crippen LogP contribution in [0.25, 0.3) is 11.1 Å². The Kier molecular flexibility index (Phi) is 7.02. The Morgan fingerprint density at radius 2 is 1.57 bits per heavy atom. The lowest BCUT2D eigenvalue weighted by molar-refractivity contribution is -0.148. The van der Waals surface area contributed by atoms with Crippen LogP contribution in [0.2, 0.25) is 0 Å². The molecule has 1 N–H and O–H groups in total. The molecule has 2 atom stereocenters. The third-order valence-electron chi connectivity index (χ3n) is 6.17. The second kappa shape index (κ2) is 9.68. The second-order valence-corrected chi connectivity index (χ2v) is 8.08. The maximum absolute atomic E-state index is 12.2. The second-order valence-electron chi connectivity index (χ2n) is 8.08. The van der Waals surface area contributed by atoms with Gasteiger partial charge in [-0.3, -0.25) is 9.59 Å². The first-order chi connectivity index (χ1) is 13.6. The highest BCUT2D eigenvalue weighted by Gasteiger charge is 2.38. The topological polar surface area (TPSA) is 54.4 Å². The zero-order valence-corrected chi connectivity index (χ0v) is 16.6. The van der Waals surface area contributed by atoms with Gasteiger partial charge in [0.1, 0.15) is 5.78 Å². The molecule has 0 heterocycles. The largest absolute Gasteiger partial charge is 0.481 e. The van der Waals surface area contributed by atoms with Gasteiger partial charge >= 0.3 is 5.97 Å². The minimum Gasteiger partial charge on any atom is -0.481 e. The van der Waals surface area contributed by atoms with Gasteiger partial charge in [-0.15, -0.1) is 0 Å². The molecule has 28 heavy (non-hydrogen) atoms. The Bertz CT molecular complexity index is 773. The van der Waals surface area contributed by atoms with Crippen LogP contribution in [0.3, 0.4) is 0 Å². The van der Waals surface area contributed by atoms with Crippen molar-refractivity contribution < 1.29 is 14.7 Å². The molecule has 3 heteroatoms. The van der Waals surface area contributed by atoms with Crippen LogP contribution < -0.4 is 0 Å². The summed E-state index contributed by atoms with van der Waals surface area (Å²) in [4.78, 5) is 24.1. The van der Waals surface area contributed by atoms with Gasteiger partial charge in [-0.05, 0) is 61.6 Å². The maximum Gasteiger partial charge on any atom is 0.307 e. The minimum atomic E-state index is -0.813. The Morgan fingerprint density at radius 3 is 2.14 bits per heavy atom.